The Morgan fingerprint density at radius 2 is 1.89 bits per heavy atom. The fourth-order valence-corrected chi connectivity index (χ4v) is 4.61. The molecule has 2 aromatic carbocycles. The summed E-state index contributed by atoms with van der Waals surface area (Å²) in [7, 11) is 1.66. The monoisotopic (exact) mass is 481 g/mol. The third-order valence-corrected chi connectivity index (χ3v) is 6.62. The van der Waals surface area contributed by atoms with Crippen molar-refractivity contribution in [3.8, 4) is 17.0 Å². The zero-order valence-corrected chi connectivity index (χ0v) is 20.9. The number of anilines is 1. The summed E-state index contributed by atoms with van der Waals surface area (Å²) in [6, 6.07) is 20.1. The number of benzene rings is 2. The average Bonchev–Trinajstić information content (AvgIpc) is 3.49. The van der Waals surface area contributed by atoms with Crippen LogP contribution in [0.2, 0.25) is 0 Å². The molecule has 0 saturated heterocycles. The van der Waals surface area contributed by atoms with Gasteiger partial charge >= 0.3 is 0 Å². The molecule has 5 aromatic rings. The molecule has 2 N–H and O–H groups in total. The van der Waals surface area contributed by atoms with Crippen LogP contribution in [0, 0.1) is 0 Å². The van der Waals surface area contributed by atoms with Crippen LogP contribution in [0.15, 0.2) is 73.1 Å². The Labute approximate surface area is 210 Å². The third kappa shape index (κ3) is 4.83. The first-order valence-electron chi connectivity index (χ1n) is 12.3. The second-order valence-electron chi connectivity index (χ2n) is 8.88. The lowest BCUT2D eigenvalue weighted by Gasteiger charge is -2.18. The number of carbonyl (C=O) groups excluding carboxylic acids is 1. The molecule has 1 amide bonds. The van der Waals surface area contributed by atoms with Gasteiger partial charge < -0.3 is 19.6 Å². The van der Waals surface area contributed by atoms with Gasteiger partial charge in [0.25, 0.3) is 0 Å². The summed E-state index contributed by atoms with van der Waals surface area (Å²) >= 11 is 0. The maximum Gasteiger partial charge on any atom is 0.244 e. The number of aromatic amines is 1. The maximum absolute atomic E-state index is 13.0. The van der Waals surface area contributed by atoms with Gasteiger partial charge in [-0.1, -0.05) is 26.0 Å². The molecule has 184 valence electrons. The molecule has 36 heavy (non-hydrogen) atoms. The largest absolute Gasteiger partial charge is 0.497 e. The second-order valence-corrected chi connectivity index (χ2v) is 8.88. The van der Waals surface area contributed by atoms with E-state index < -0.39 is 0 Å². The van der Waals surface area contributed by atoms with Crippen molar-refractivity contribution in [2.24, 2.45) is 0 Å². The quantitative estimate of drug-likeness (QED) is 0.284. The van der Waals surface area contributed by atoms with Gasteiger partial charge in [-0.25, -0.2) is 4.98 Å². The SMILES string of the molecule is CCN(CC)Cc1ccc(NC(=O)Cn2cc(-c3cc4cccnc4[nH]3)c3cc(OC)ccc32)cc1. The highest BCUT2D eigenvalue weighted by Gasteiger charge is 2.16. The van der Waals surface area contributed by atoms with Crippen LogP contribution in [0.1, 0.15) is 19.4 Å². The first kappa shape index (κ1) is 23.6. The number of pyridine rings is 1. The van der Waals surface area contributed by atoms with Crippen LogP contribution in [-0.4, -0.2) is 45.5 Å². The normalized spacial score (nSPS) is 11.4. The predicted octanol–water partition coefficient (Wildman–Crippen LogP) is 5.67. The lowest BCUT2D eigenvalue weighted by atomic mass is 10.1. The molecule has 5 rings (SSSR count). The van der Waals surface area contributed by atoms with Crippen LogP contribution < -0.4 is 10.1 Å². The molecule has 0 unspecified atom stereocenters. The van der Waals surface area contributed by atoms with Crippen LogP contribution in [-0.2, 0) is 17.9 Å². The first-order valence-corrected chi connectivity index (χ1v) is 12.3. The van der Waals surface area contributed by atoms with Gasteiger partial charge in [-0.05, 0) is 67.2 Å². The van der Waals surface area contributed by atoms with Gasteiger partial charge in [0.05, 0.1) is 7.11 Å². The van der Waals surface area contributed by atoms with Gasteiger partial charge in [0.2, 0.25) is 5.91 Å². The van der Waals surface area contributed by atoms with Crippen molar-refractivity contribution in [2.75, 3.05) is 25.5 Å². The van der Waals surface area contributed by atoms with E-state index >= 15 is 0 Å². The average molecular weight is 482 g/mol. The van der Waals surface area contributed by atoms with Crippen molar-refractivity contribution in [3.05, 3.63) is 78.6 Å². The number of nitrogens with zero attached hydrogens (tertiary/aromatic N) is 3. The molecule has 0 saturated carbocycles. The smallest absolute Gasteiger partial charge is 0.244 e. The Bertz CT molecular complexity index is 1460. The number of hydrogen-bond donors (Lipinski definition) is 2. The molecule has 0 aliphatic heterocycles. The molecular weight excluding hydrogens is 450 g/mol. The zero-order chi connectivity index (χ0) is 25.1. The van der Waals surface area contributed by atoms with E-state index in [9.17, 15) is 4.79 Å². The highest BCUT2D eigenvalue weighted by molar-refractivity contribution is 6.00. The summed E-state index contributed by atoms with van der Waals surface area (Å²) < 4.78 is 7.45. The van der Waals surface area contributed by atoms with Gasteiger partial charge in [0.15, 0.2) is 0 Å². The number of aromatic nitrogens is 3. The van der Waals surface area contributed by atoms with Gasteiger partial charge in [-0.3, -0.25) is 9.69 Å². The maximum atomic E-state index is 13.0. The van der Waals surface area contributed by atoms with Crippen molar-refractivity contribution in [1.82, 2.24) is 19.4 Å². The number of rotatable bonds is 9. The van der Waals surface area contributed by atoms with Crippen LogP contribution >= 0.6 is 0 Å². The topological polar surface area (TPSA) is 75.2 Å². The Hall–Kier alpha value is -4.10. The van der Waals surface area contributed by atoms with Crippen molar-refractivity contribution < 1.29 is 9.53 Å². The van der Waals surface area contributed by atoms with Crippen LogP contribution in [0.25, 0.3) is 33.2 Å². The van der Waals surface area contributed by atoms with Crippen LogP contribution in [0.5, 0.6) is 5.75 Å². The highest BCUT2D eigenvalue weighted by atomic mass is 16.5. The van der Waals surface area contributed by atoms with Crippen molar-refractivity contribution in [2.45, 2.75) is 26.9 Å². The van der Waals surface area contributed by atoms with E-state index in [4.69, 9.17) is 4.74 Å². The third-order valence-electron chi connectivity index (χ3n) is 6.62. The van der Waals surface area contributed by atoms with E-state index in [0.717, 1.165) is 64.3 Å². The summed E-state index contributed by atoms with van der Waals surface area (Å²) in [5.41, 5.74) is 5.77. The van der Waals surface area contributed by atoms with E-state index in [-0.39, 0.29) is 12.5 Å². The number of methoxy groups -OCH3 is 1. The molecular formula is C29H31N5O2. The van der Waals surface area contributed by atoms with Gasteiger partial charge in [-0.15, -0.1) is 0 Å². The lowest BCUT2D eigenvalue weighted by molar-refractivity contribution is -0.116. The van der Waals surface area contributed by atoms with Crippen molar-refractivity contribution >= 4 is 33.5 Å². The fraction of sp³-hybridized carbons (Fsp3) is 0.241. The van der Waals surface area contributed by atoms with E-state index in [2.05, 4.69) is 52.2 Å². The summed E-state index contributed by atoms with van der Waals surface area (Å²) in [5.74, 6) is 0.689. The molecule has 7 heteroatoms. The molecule has 0 atom stereocenters. The second kappa shape index (κ2) is 10.3. The fourth-order valence-electron chi connectivity index (χ4n) is 4.61. The molecule has 0 spiro atoms. The molecule has 0 bridgehead atoms. The molecule has 0 aliphatic rings. The molecule has 0 aliphatic carbocycles. The van der Waals surface area contributed by atoms with Crippen molar-refractivity contribution in [3.63, 3.8) is 0 Å². The highest BCUT2D eigenvalue weighted by Crippen LogP contribution is 2.34. The van der Waals surface area contributed by atoms with Gasteiger partial charge in [0, 0.05) is 52.2 Å². The summed E-state index contributed by atoms with van der Waals surface area (Å²) in [6.07, 6.45) is 3.79. The number of nitrogens with one attached hydrogen (secondary N) is 2. The molecule has 0 radical (unpaired) electrons. The van der Waals surface area contributed by atoms with Gasteiger partial charge in [0.1, 0.15) is 17.9 Å². The van der Waals surface area contributed by atoms with E-state index in [1.807, 2.05) is 53.2 Å². The van der Waals surface area contributed by atoms with Crippen molar-refractivity contribution in [1.29, 1.82) is 0 Å². The minimum atomic E-state index is -0.0796. The van der Waals surface area contributed by atoms with Crippen LogP contribution in [0.3, 0.4) is 0 Å². The lowest BCUT2D eigenvalue weighted by Crippen LogP contribution is -2.22. The number of carbonyl (C=O) groups is 1. The van der Waals surface area contributed by atoms with Crippen LogP contribution in [0.4, 0.5) is 5.69 Å². The number of fused-ring (bicyclic) bond motifs is 2. The Morgan fingerprint density at radius 1 is 1.08 bits per heavy atom. The van der Waals surface area contributed by atoms with E-state index in [1.165, 1.54) is 5.56 Å². The number of ether oxygens (including phenoxy) is 1. The van der Waals surface area contributed by atoms with E-state index in [0.29, 0.717) is 0 Å². The predicted molar refractivity (Wildman–Crippen MR) is 145 cm³/mol. The Kier molecular flexibility index (Phi) is 6.73. The Morgan fingerprint density at radius 3 is 2.61 bits per heavy atom. The summed E-state index contributed by atoms with van der Waals surface area (Å²) in [4.78, 5) is 23.2. The van der Waals surface area contributed by atoms with Gasteiger partial charge in [-0.2, -0.15) is 0 Å². The minimum absolute atomic E-state index is 0.0796. The van der Waals surface area contributed by atoms with E-state index in [1.54, 1.807) is 13.3 Å². The molecule has 3 heterocycles. The molecule has 0 fully saturated rings. The summed E-state index contributed by atoms with van der Waals surface area (Å²) in [5, 5.41) is 5.09. The Balaban J connectivity index is 1.39. The zero-order valence-electron chi connectivity index (χ0n) is 20.9. The number of hydrogen-bond acceptors (Lipinski definition) is 4. The standard InChI is InChI=1S/C29H31N5O2/c1-4-33(5-2)17-20-8-10-22(11-9-20)31-28(35)19-34-18-25(24-16-23(36-3)12-13-27(24)34)26-15-21-7-6-14-30-29(21)32-26/h6-16,18H,4-5,17,19H2,1-3H3,(H,30,32)(H,31,35). The number of H-pyrrole nitrogens is 1. The summed E-state index contributed by atoms with van der Waals surface area (Å²) in [6.45, 7) is 7.47. The molecule has 3 aromatic heterocycles. The molecule has 7 nitrogen and oxygen atoms in total. The minimum Gasteiger partial charge on any atom is -0.497 e. The first-order chi connectivity index (χ1) is 17.6. The number of amides is 1.